The Hall–Kier alpha value is -1.95. The maximum Gasteiger partial charge on any atom is 0.244 e. The Balaban J connectivity index is 2.32. The van der Waals surface area contributed by atoms with Crippen LogP contribution >= 0.6 is 0 Å². The maximum absolute atomic E-state index is 12.0. The van der Waals surface area contributed by atoms with E-state index in [-0.39, 0.29) is 18.1 Å². The van der Waals surface area contributed by atoms with Crippen molar-refractivity contribution in [3.05, 3.63) is 18.2 Å². The minimum absolute atomic E-state index is 0.0435. The molecule has 1 atom stereocenters. The molecule has 0 bridgehead atoms. The number of carbonyl (C=O) groups excluding carboxylic acids is 1. The third-order valence-electron chi connectivity index (χ3n) is 3.39. The first-order valence-corrected chi connectivity index (χ1v) is 7.15. The van der Waals surface area contributed by atoms with Gasteiger partial charge >= 0.3 is 0 Å². The Morgan fingerprint density at radius 2 is 2.29 bits per heavy atom. The van der Waals surface area contributed by atoms with Gasteiger partial charge in [-0.2, -0.15) is 0 Å². The number of hydrogen-bond donors (Lipinski definition) is 2. The van der Waals surface area contributed by atoms with Gasteiger partial charge in [0.2, 0.25) is 5.91 Å². The van der Waals surface area contributed by atoms with E-state index >= 15 is 0 Å². The van der Waals surface area contributed by atoms with Crippen LogP contribution in [0.5, 0.6) is 5.75 Å². The van der Waals surface area contributed by atoms with E-state index in [4.69, 9.17) is 15.2 Å². The van der Waals surface area contributed by atoms with E-state index in [0.717, 1.165) is 5.69 Å². The molecule has 0 spiro atoms. The number of morpholine rings is 1. The number of ether oxygens (including phenoxy) is 2. The van der Waals surface area contributed by atoms with E-state index in [0.29, 0.717) is 31.2 Å². The summed E-state index contributed by atoms with van der Waals surface area (Å²) in [5.74, 6) is 0.564. The largest absolute Gasteiger partial charge is 0.489 e. The second-order valence-electron chi connectivity index (χ2n) is 5.25. The fourth-order valence-corrected chi connectivity index (χ4v) is 2.42. The van der Waals surface area contributed by atoms with E-state index in [2.05, 4.69) is 5.32 Å². The van der Waals surface area contributed by atoms with E-state index < -0.39 is 0 Å². The second kappa shape index (κ2) is 6.67. The molecule has 1 aliphatic rings. The minimum Gasteiger partial charge on any atom is -0.489 e. The molecule has 0 radical (unpaired) electrons. The van der Waals surface area contributed by atoms with Crippen LogP contribution in [0.3, 0.4) is 0 Å². The molecule has 21 heavy (non-hydrogen) atoms. The number of amides is 1. The minimum atomic E-state index is -0.375. The molecule has 6 nitrogen and oxygen atoms in total. The standard InChI is InChI=1S/C15H23N3O3/c1-10(2)21-13-6-4-5-11(14(13)16)18-7-8-20-9-12(18)15(19)17-3/h4-6,10,12H,7-9,16H2,1-3H3,(H,17,19). The van der Waals surface area contributed by atoms with Gasteiger partial charge in [-0.15, -0.1) is 0 Å². The fraction of sp³-hybridized carbons (Fsp3) is 0.533. The molecule has 1 unspecified atom stereocenters. The summed E-state index contributed by atoms with van der Waals surface area (Å²) in [4.78, 5) is 14.0. The molecule has 2 rings (SSSR count). The van der Waals surface area contributed by atoms with Crippen LogP contribution < -0.4 is 20.7 Å². The third-order valence-corrected chi connectivity index (χ3v) is 3.39. The number of nitrogens with two attached hydrogens (primary N) is 1. The molecule has 0 aromatic heterocycles. The van der Waals surface area contributed by atoms with E-state index in [1.807, 2.05) is 36.9 Å². The summed E-state index contributed by atoms with van der Waals surface area (Å²) in [5.41, 5.74) is 7.59. The van der Waals surface area contributed by atoms with Gasteiger partial charge in [-0.05, 0) is 26.0 Å². The van der Waals surface area contributed by atoms with Crippen molar-refractivity contribution in [3.63, 3.8) is 0 Å². The highest BCUT2D eigenvalue weighted by Gasteiger charge is 2.30. The maximum atomic E-state index is 12.0. The number of nitrogens with one attached hydrogen (secondary N) is 1. The number of benzene rings is 1. The van der Waals surface area contributed by atoms with Crippen molar-refractivity contribution in [2.24, 2.45) is 0 Å². The molecule has 6 heteroatoms. The van der Waals surface area contributed by atoms with Crippen molar-refractivity contribution in [3.8, 4) is 5.75 Å². The molecule has 1 heterocycles. The van der Waals surface area contributed by atoms with Crippen molar-refractivity contribution in [1.29, 1.82) is 0 Å². The Labute approximate surface area is 125 Å². The van der Waals surface area contributed by atoms with Gasteiger partial charge in [-0.25, -0.2) is 0 Å². The van der Waals surface area contributed by atoms with E-state index in [1.165, 1.54) is 0 Å². The summed E-state index contributed by atoms with van der Waals surface area (Å²) >= 11 is 0. The molecular formula is C15H23N3O3. The van der Waals surface area contributed by atoms with Gasteiger partial charge in [-0.1, -0.05) is 6.07 Å². The van der Waals surface area contributed by atoms with E-state index in [1.54, 1.807) is 7.05 Å². The molecule has 1 amide bonds. The number of likely N-dealkylation sites (N-methyl/N-ethyl adjacent to an activating group) is 1. The zero-order valence-corrected chi connectivity index (χ0v) is 12.8. The average Bonchev–Trinajstić information content (AvgIpc) is 2.48. The zero-order chi connectivity index (χ0) is 15.4. The van der Waals surface area contributed by atoms with Crippen molar-refractivity contribution < 1.29 is 14.3 Å². The lowest BCUT2D eigenvalue weighted by Gasteiger charge is -2.37. The predicted octanol–water partition coefficient (Wildman–Crippen LogP) is 1.01. The lowest BCUT2D eigenvalue weighted by atomic mass is 10.1. The van der Waals surface area contributed by atoms with Crippen molar-refractivity contribution in [2.45, 2.75) is 26.0 Å². The number of carbonyl (C=O) groups is 1. The summed E-state index contributed by atoms with van der Waals surface area (Å²) in [7, 11) is 1.62. The number of nitrogens with zero attached hydrogens (tertiary/aromatic N) is 1. The lowest BCUT2D eigenvalue weighted by Crippen LogP contribution is -2.53. The van der Waals surface area contributed by atoms with Gasteiger partial charge in [0, 0.05) is 13.6 Å². The smallest absolute Gasteiger partial charge is 0.244 e. The van der Waals surface area contributed by atoms with Crippen LogP contribution in [0.1, 0.15) is 13.8 Å². The lowest BCUT2D eigenvalue weighted by molar-refractivity contribution is -0.124. The second-order valence-corrected chi connectivity index (χ2v) is 5.25. The Kier molecular flexibility index (Phi) is 4.90. The van der Waals surface area contributed by atoms with Crippen LogP contribution in [0, 0.1) is 0 Å². The molecule has 0 saturated carbocycles. The normalized spacial score (nSPS) is 18.7. The molecule has 1 aliphatic heterocycles. The molecule has 116 valence electrons. The van der Waals surface area contributed by atoms with Gasteiger partial charge in [0.15, 0.2) is 0 Å². The van der Waals surface area contributed by atoms with Gasteiger partial charge in [-0.3, -0.25) is 4.79 Å². The highest BCUT2D eigenvalue weighted by Crippen LogP contribution is 2.34. The first-order valence-electron chi connectivity index (χ1n) is 7.15. The van der Waals surface area contributed by atoms with Gasteiger partial charge in [0.05, 0.1) is 30.7 Å². The highest BCUT2D eigenvalue weighted by atomic mass is 16.5. The van der Waals surface area contributed by atoms with Crippen LogP contribution in [0.25, 0.3) is 0 Å². The molecule has 3 N–H and O–H groups in total. The predicted molar refractivity (Wildman–Crippen MR) is 82.6 cm³/mol. The van der Waals surface area contributed by atoms with Crippen LogP contribution in [0.2, 0.25) is 0 Å². The van der Waals surface area contributed by atoms with Crippen LogP contribution in [0.15, 0.2) is 18.2 Å². The first kappa shape index (κ1) is 15.4. The quantitative estimate of drug-likeness (QED) is 0.810. The molecule has 0 aliphatic carbocycles. The summed E-state index contributed by atoms with van der Waals surface area (Å²) in [6, 6.07) is 5.26. The fourth-order valence-electron chi connectivity index (χ4n) is 2.42. The SMILES string of the molecule is CNC(=O)C1COCCN1c1cccc(OC(C)C)c1N. The molecular weight excluding hydrogens is 270 g/mol. The number of nitrogen functional groups attached to an aromatic ring is 1. The molecule has 1 saturated heterocycles. The number of anilines is 2. The van der Waals surface area contributed by atoms with Crippen LogP contribution in [-0.4, -0.2) is 44.9 Å². The molecule has 1 fully saturated rings. The molecule has 1 aromatic rings. The van der Waals surface area contributed by atoms with Gasteiger partial charge < -0.3 is 25.4 Å². The monoisotopic (exact) mass is 293 g/mol. The Morgan fingerprint density at radius 3 is 2.95 bits per heavy atom. The van der Waals surface area contributed by atoms with Crippen molar-refractivity contribution in [2.75, 3.05) is 37.4 Å². The first-order chi connectivity index (χ1) is 10.0. The number of para-hydroxylation sites is 1. The number of rotatable bonds is 4. The zero-order valence-electron chi connectivity index (χ0n) is 12.8. The summed E-state index contributed by atoms with van der Waals surface area (Å²) in [6.07, 6.45) is 0.0435. The summed E-state index contributed by atoms with van der Waals surface area (Å²) in [5, 5.41) is 2.67. The third kappa shape index (κ3) is 3.39. The topological polar surface area (TPSA) is 76.8 Å². The van der Waals surface area contributed by atoms with Crippen LogP contribution in [0.4, 0.5) is 11.4 Å². The van der Waals surface area contributed by atoms with Crippen molar-refractivity contribution in [1.82, 2.24) is 5.32 Å². The van der Waals surface area contributed by atoms with Gasteiger partial charge in [0.1, 0.15) is 11.8 Å². The Bertz CT molecular complexity index is 505. The van der Waals surface area contributed by atoms with E-state index in [9.17, 15) is 4.79 Å². The summed E-state index contributed by atoms with van der Waals surface area (Å²) < 4.78 is 11.1. The summed E-state index contributed by atoms with van der Waals surface area (Å²) in [6.45, 7) is 5.45. The van der Waals surface area contributed by atoms with Crippen LogP contribution in [-0.2, 0) is 9.53 Å². The molecule has 1 aromatic carbocycles. The average molecular weight is 293 g/mol. The Morgan fingerprint density at radius 1 is 1.52 bits per heavy atom. The highest BCUT2D eigenvalue weighted by molar-refractivity contribution is 5.87. The number of hydrogen-bond acceptors (Lipinski definition) is 5. The van der Waals surface area contributed by atoms with Crippen molar-refractivity contribution >= 4 is 17.3 Å². The van der Waals surface area contributed by atoms with Gasteiger partial charge in [0.25, 0.3) is 0 Å².